The zero-order valence-electron chi connectivity index (χ0n) is 13.9. The van der Waals surface area contributed by atoms with Crippen LogP contribution in [0.3, 0.4) is 0 Å². The third kappa shape index (κ3) is 6.32. The first-order valence-corrected chi connectivity index (χ1v) is 8.28. The Kier molecular flexibility index (Phi) is 6.94. The second-order valence-corrected chi connectivity index (χ2v) is 5.93. The van der Waals surface area contributed by atoms with Crippen LogP contribution < -0.4 is 10.6 Å². The molecule has 0 amide bonds. The fraction of sp³-hybridized carbons (Fsp3) is 0.500. The molecule has 0 bridgehead atoms. The van der Waals surface area contributed by atoms with E-state index >= 15 is 0 Å². The van der Waals surface area contributed by atoms with Crippen LogP contribution in [0.5, 0.6) is 0 Å². The first-order valence-electron chi connectivity index (χ1n) is 8.28. The maximum absolute atomic E-state index is 11.3. The molecule has 0 aliphatic carbocycles. The number of unbranched alkanes of at least 4 members (excludes halogenated alkanes) is 1. The Morgan fingerprint density at radius 2 is 1.87 bits per heavy atom. The molecule has 1 fully saturated rings. The summed E-state index contributed by atoms with van der Waals surface area (Å²) in [7, 11) is 0. The van der Waals surface area contributed by atoms with Crippen LogP contribution in [0.1, 0.15) is 19.8 Å². The number of allylic oxidation sites excluding steroid dienone is 1. The molecule has 5 nitrogen and oxygen atoms in total. The summed E-state index contributed by atoms with van der Waals surface area (Å²) in [5.41, 5.74) is 7.21. The molecule has 0 radical (unpaired) electrons. The molecule has 0 saturated carbocycles. The Morgan fingerprint density at radius 1 is 1.17 bits per heavy atom. The quantitative estimate of drug-likeness (QED) is 0.473. The highest BCUT2D eigenvalue weighted by Gasteiger charge is 2.16. The molecular formula is C18H27N3O2. The molecule has 2 N–H and O–H groups in total. The van der Waals surface area contributed by atoms with E-state index in [1.807, 2.05) is 0 Å². The molecule has 0 aromatic heterocycles. The second-order valence-electron chi connectivity index (χ2n) is 5.93. The van der Waals surface area contributed by atoms with Gasteiger partial charge in [0.2, 0.25) is 0 Å². The van der Waals surface area contributed by atoms with E-state index in [4.69, 9.17) is 10.5 Å². The number of nitrogens with two attached hydrogens (primary N) is 1. The predicted octanol–water partition coefficient (Wildman–Crippen LogP) is 1.99. The number of carbonyl (C=O) groups excluding carboxylic acids is 1. The van der Waals surface area contributed by atoms with Gasteiger partial charge in [0.25, 0.3) is 0 Å². The van der Waals surface area contributed by atoms with E-state index in [2.05, 4.69) is 40.1 Å². The number of nitrogens with zero attached hydrogens (tertiary/aromatic N) is 2. The molecule has 1 heterocycles. The summed E-state index contributed by atoms with van der Waals surface area (Å²) in [6, 6.07) is 10.6. The lowest BCUT2D eigenvalue weighted by molar-refractivity contribution is -0.137. The van der Waals surface area contributed by atoms with Gasteiger partial charge in [-0.1, -0.05) is 18.2 Å². The molecule has 1 aliphatic heterocycles. The first kappa shape index (κ1) is 17.3. The first-order chi connectivity index (χ1) is 11.1. The number of ether oxygens (including phenoxy) is 1. The molecule has 0 atom stereocenters. The Morgan fingerprint density at radius 3 is 2.52 bits per heavy atom. The molecule has 126 valence electrons. The van der Waals surface area contributed by atoms with Gasteiger partial charge in [-0.15, -0.1) is 0 Å². The Balaban J connectivity index is 1.57. The summed E-state index contributed by atoms with van der Waals surface area (Å²) in [5.74, 6) is -0.346. The average Bonchev–Trinajstić information content (AvgIpc) is 2.55. The highest BCUT2D eigenvalue weighted by molar-refractivity contribution is 5.82. The number of rotatable bonds is 7. The van der Waals surface area contributed by atoms with Crippen LogP contribution in [0, 0.1) is 0 Å². The smallest absolute Gasteiger partial charge is 0.332 e. The van der Waals surface area contributed by atoms with Crippen molar-refractivity contribution < 1.29 is 9.53 Å². The minimum absolute atomic E-state index is 0.346. The summed E-state index contributed by atoms with van der Waals surface area (Å²) < 4.78 is 5.10. The fourth-order valence-corrected chi connectivity index (χ4v) is 2.71. The molecule has 1 aromatic rings. The van der Waals surface area contributed by atoms with Gasteiger partial charge >= 0.3 is 5.97 Å². The predicted molar refractivity (Wildman–Crippen MR) is 93.2 cm³/mol. The lowest BCUT2D eigenvalue weighted by Gasteiger charge is -2.36. The van der Waals surface area contributed by atoms with Crippen LogP contribution in [0.4, 0.5) is 5.69 Å². The SMILES string of the molecule is CC(N)=CC(=O)OCCCCN1CCN(c2ccccc2)CC1. The van der Waals surface area contributed by atoms with Crippen molar-refractivity contribution in [1.29, 1.82) is 0 Å². The number of benzene rings is 1. The molecule has 0 unspecified atom stereocenters. The van der Waals surface area contributed by atoms with Gasteiger partial charge in [0, 0.05) is 43.6 Å². The number of carbonyl (C=O) groups is 1. The third-order valence-electron chi connectivity index (χ3n) is 3.95. The number of hydrogen-bond donors (Lipinski definition) is 1. The summed E-state index contributed by atoms with van der Waals surface area (Å²) in [5, 5.41) is 0. The topological polar surface area (TPSA) is 58.8 Å². The zero-order valence-corrected chi connectivity index (χ0v) is 13.9. The monoisotopic (exact) mass is 317 g/mol. The zero-order chi connectivity index (χ0) is 16.5. The minimum Gasteiger partial charge on any atom is -0.462 e. The van der Waals surface area contributed by atoms with Crippen molar-refractivity contribution in [3.8, 4) is 0 Å². The lowest BCUT2D eigenvalue weighted by Crippen LogP contribution is -2.46. The van der Waals surface area contributed by atoms with Crippen molar-refractivity contribution in [2.45, 2.75) is 19.8 Å². The molecule has 23 heavy (non-hydrogen) atoms. The molecule has 1 aromatic carbocycles. The Labute approximate surface area is 138 Å². The fourth-order valence-electron chi connectivity index (χ4n) is 2.71. The molecule has 1 aliphatic rings. The summed E-state index contributed by atoms with van der Waals surface area (Å²) in [4.78, 5) is 16.2. The Hall–Kier alpha value is -2.01. The van der Waals surface area contributed by atoms with Gasteiger partial charge < -0.3 is 15.4 Å². The van der Waals surface area contributed by atoms with E-state index in [0.717, 1.165) is 45.6 Å². The van der Waals surface area contributed by atoms with Crippen LogP contribution in [0.15, 0.2) is 42.1 Å². The second kappa shape index (κ2) is 9.20. The third-order valence-corrected chi connectivity index (χ3v) is 3.95. The van der Waals surface area contributed by atoms with E-state index in [9.17, 15) is 4.79 Å². The molecular weight excluding hydrogens is 290 g/mol. The largest absolute Gasteiger partial charge is 0.462 e. The van der Waals surface area contributed by atoms with Gasteiger partial charge in [0.15, 0.2) is 0 Å². The van der Waals surface area contributed by atoms with Crippen molar-refractivity contribution in [2.75, 3.05) is 44.2 Å². The Bertz CT molecular complexity index is 504. The number of piperazine rings is 1. The van der Waals surface area contributed by atoms with Crippen LogP contribution in [-0.4, -0.2) is 50.2 Å². The van der Waals surface area contributed by atoms with Crippen LogP contribution in [0.25, 0.3) is 0 Å². The molecule has 5 heteroatoms. The standard InChI is InChI=1S/C18H27N3O2/c1-16(19)15-18(22)23-14-6-5-9-20-10-12-21(13-11-20)17-7-3-2-4-8-17/h2-4,7-8,15H,5-6,9-14,19H2,1H3. The summed E-state index contributed by atoms with van der Waals surface area (Å²) in [6.45, 7) is 7.52. The highest BCUT2D eigenvalue weighted by Crippen LogP contribution is 2.15. The van der Waals surface area contributed by atoms with Crippen molar-refractivity contribution >= 4 is 11.7 Å². The van der Waals surface area contributed by atoms with Gasteiger partial charge in [-0.25, -0.2) is 4.79 Å². The average molecular weight is 317 g/mol. The maximum atomic E-state index is 11.3. The lowest BCUT2D eigenvalue weighted by atomic mass is 10.2. The number of para-hydroxylation sites is 1. The van der Waals surface area contributed by atoms with Gasteiger partial charge in [-0.2, -0.15) is 0 Å². The van der Waals surface area contributed by atoms with Gasteiger partial charge in [-0.3, -0.25) is 4.90 Å². The summed E-state index contributed by atoms with van der Waals surface area (Å²) in [6.07, 6.45) is 3.26. The van der Waals surface area contributed by atoms with Crippen molar-refractivity contribution in [1.82, 2.24) is 4.90 Å². The van der Waals surface area contributed by atoms with Crippen molar-refractivity contribution in [3.05, 3.63) is 42.1 Å². The summed E-state index contributed by atoms with van der Waals surface area (Å²) >= 11 is 0. The number of esters is 1. The van der Waals surface area contributed by atoms with Crippen molar-refractivity contribution in [2.24, 2.45) is 5.73 Å². The van der Waals surface area contributed by atoms with Crippen LogP contribution >= 0.6 is 0 Å². The van der Waals surface area contributed by atoms with Crippen molar-refractivity contribution in [3.63, 3.8) is 0 Å². The van der Waals surface area contributed by atoms with Gasteiger partial charge in [-0.05, 0) is 38.4 Å². The van der Waals surface area contributed by atoms with E-state index in [1.54, 1.807) is 6.92 Å². The van der Waals surface area contributed by atoms with Crippen LogP contribution in [0.2, 0.25) is 0 Å². The number of hydrogen-bond acceptors (Lipinski definition) is 5. The number of anilines is 1. The molecule has 2 rings (SSSR count). The van der Waals surface area contributed by atoms with E-state index in [-0.39, 0.29) is 5.97 Å². The minimum atomic E-state index is -0.346. The van der Waals surface area contributed by atoms with Gasteiger partial charge in [0.05, 0.1) is 6.61 Å². The highest BCUT2D eigenvalue weighted by atomic mass is 16.5. The maximum Gasteiger partial charge on any atom is 0.332 e. The van der Waals surface area contributed by atoms with E-state index in [0.29, 0.717) is 12.3 Å². The molecule has 1 saturated heterocycles. The molecule has 0 spiro atoms. The van der Waals surface area contributed by atoms with Crippen LogP contribution in [-0.2, 0) is 9.53 Å². The van der Waals surface area contributed by atoms with Gasteiger partial charge in [0.1, 0.15) is 0 Å². The van der Waals surface area contributed by atoms with E-state index < -0.39 is 0 Å². The van der Waals surface area contributed by atoms with E-state index in [1.165, 1.54) is 11.8 Å². The normalized spacial score (nSPS) is 16.4.